The van der Waals surface area contributed by atoms with Gasteiger partial charge in [-0.2, -0.15) is 4.98 Å². The van der Waals surface area contributed by atoms with Crippen LogP contribution in [0.2, 0.25) is 0 Å². The normalized spacial score (nSPS) is 10.7. The van der Waals surface area contributed by atoms with Crippen LogP contribution in [-0.4, -0.2) is 27.5 Å². The Labute approximate surface area is 148 Å². The Morgan fingerprint density at radius 3 is 2.48 bits per heavy atom. The van der Waals surface area contributed by atoms with Crippen molar-refractivity contribution in [2.45, 2.75) is 26.3 Å². The van der Waals surface area contributed by atoms with Gasteiger partial charge in [0.05, 0.1) is 5.69 Å². The van der Waals surface area contributed by atoms with E-state index < -0.39 is 0 Å². The molecule has 5 nitrogen and oxygen atoms in total. The number of pyridine rings is 1. The van der Waals surface area contributed by atoms with Crippen molar-refractivity contribution in [2.75, 3.05) is 17.2 Å². The lowest BCUT2D eigenvalue weighted by atomic mass is 10.1. The molecule has 0 bridgehead atoms. The molecule has 25 heavy (non-hydrogen) atoms. The van der Waals surface area contributed by atoms with E-state index in [4.69, 9.17) is 0 Å². The predicted molar refractivity (Wildman–Crippen MR) is 103 cm³/mol. The topological polar surface area (TPSA) is 62.7 Å². The summed E-state index contributed by atoms with van der Waals surface area (Å²) in [5.74, 6) is 1.45. The van der Waals surface area contributed by atoms with Gasteiger partial charge in [-0.25, -0.2) is 4.98 Å². The monoisotopic (exact) mass is 333 g/mol. The number of benzene rings is 1. The summed E-state index contributed by atoms with van der Waals surface area (Å²) < 4.78 is 0. The molecule has 1 aromatic carbocycles. The van der Waals surface area contributed by atoms with E-state index in [2.05, 4.69) is 51.6 Å². The summed E-state index contributed by atoms with van der Waals surface area (Å²) in [6.45, 7) is 4.92. The van der Waals surface area contributed by atoms with Gasteiger partial charge in [0.2, 0.25) is 5.95 Å². The molecule has 0 saturated carbocycles. The van der Waals surface area contributed by atoms with E-state index in [9.17, 15) is 0 Å². The minimum absolute atomic E-state index is 0.271. The molecular weight excluding hydrogens is 310 g/mol. The van der Waals surface area contributed by atoms with E-state index in [1.165, 1.54) is 0 Å². The van der Waals surface area contributed by atoms with Crippen LogP contribution in [0.1, 0.15) is 19.5 Å². The third-order valence-electron chi connectivity index (χ3n) is 3.63. The second-order valence-electron chi connectivity index (χ2n) is 6.12. The molecule has 128 valence electrons. The highest BCUT2D eigenvalue weighted by Gasteiger charge is 2.07. The van der Waals surface area contributed by atoms with Gasteiger partial charge in [-0.3, -0.25) is 4.98 Å². The minimum atomic E-state index is 0.271. The molecule has 0 spiro atoms. The highest BCUT2D eigenvalue weighted by molar-refractivity contribution is 5.64. The molecule has 5 heteroatoms. The first-order valence-electron chi connectivity index (χ1n) is 8.55. The summed E-state index contributed by atoms with van der Waals surface area (Å²) in [5.41, 5.74) is 3.04. The van der Waals surface area contributed by atoms with Gasteiger partial charge in [0.25, 0.3) is 0 Å². The predicted octanol–water partition coefficient (Wildman–Crippen LogP) is 4.01. The molecule has 0 atom stereocenters. The molecule has 0 aliphatic heterocycles. The van der Waals surface area contributed by atoms with Crippen molar-refractivity contribution in [2.24, 2.45) is 0 Å². The number of rotatable bonds is 7. The lowest BCUT2D eigenvalue weighted by molar-refractivity contribution is 0.873. The van der Waals surface area contributed by atoms with Gasteiger partial charge >= 0.3 is 0 Å². The quantitative estimate of drug-likeness (QED) is 0.684. The zero-order chi connectivity index (χ0) is 17.5. The lowest BCUT2D eigenvalue weighted by Crippen LogP contribution is -2.14. The van der Waals surface area contributed by atoms with Crippen LogP contribution < -0.4 is 10.6 Å². The standard InChI is InChI=1S/C20H23N5/c1-15(2)23-20-24-18(16-8-4-3-5-9-16)14-19(25-20)22-13-11-17-10-6-7-12-21-17/h3-10,12,14-15H,11,13H2,1-2H3,(H2,22,23,24,25). The van der Waals surface area contributed by atoms with E-state index in [0.717, 1.165) is 35.7 Å². The first-order chi connectivity index (χ1) is 12.2. The summed E-state index contributed by atoms with van der Waals surface area (Å²) in [4.78, 5) is 13.6. The average Bonchev–Trinajstić information content (AvgIpc) is 2.63. The Hall–Kier alpha value is -2.95. The van der Waals surface area contributed by atoms with Crippen LogP contribution in [0.4, 0.5) is 11.8 Å². The molecule has 0 aliphatic rings. The van der Waals surface area contributed by atoms with Crippen molar-refractivity contribution in [3.63, 3.8) is 0 Å². The van der Waals surface area contributed by atoms with E-state index in [0.29, 0.717) is 5.95 Å². The molecule has 2 N–H and O–H groups in total. The zero-order valence-corrected chi connectivity index (χ0v) is 14.6. The number of hydrogen-bond acceptors (Lipinski definition) is 5. The van der Waals surface area contributed by atoms with Gasteiger partial charge in [0, 0.05) is 42.5 Å². The maximum Gasteiger partial charge on any atom is 0.225 e. The smallest absolute Gasteiger partial charge is 0.225 e. The fourth-order valence-corrected chi connectivity index (χ4v) is 2.48. The Kier molecular flexibility index (Phi) is 5.57. The van der Waals surface area contributed by atoms with Gasteiger partial charge in [0.1, 0.15) is 5.82 Å². The van der Waals surface area contributed by atoms with Crippen molar-refractivity contribution >= 4 is 11.8 Å². The van der Waals surface area contributed by atoms with Crippen LogP contribution in [0.25, 0.3) is 11.3 Å². The molecule has 0 fully saturated rings. The second kappa shape index (κ2) is 8.24. The molecule has 3 rings (SSSR count). The van der Waals surface area contributed by atoms with E-state index in [1.807, 2.05) is 48.7 Å². The first kappa shape index (κ1) is 16.9. The summed E-state index contributed by atoms with van der Waals surface area (Å²) in [7, 11) is 0. The van der Waals surface area contributed by atoms with E-state index >= 15 is 0 Å². The Morgan fingerprint density at radius 2 is 1.76 bits per heavy atom. The van der Waals surface area contributed by atoms with Crippen LogP contribution >= 0.6 is 0 Å². The number of hydrogen-bond donors (Lipinski definition) is 2. The number of nitrogens with zero attached hydrogens (tertiary/aromatic N) is 3. The van der Waals surface area contributed by atoms with Gasteiger partial charge < -0.3 is 10.6 Å². The fraction of sp³-hybridized carbons (Fsp3) is 0.250. The molecule has 0 radical (unpaired) electrons. The van der Waals surface area contributed by atoms with Crippen LogP contribution in [0.5, 0.6) is 0 Å². The summed E-state index contributed by atoms with van der Waals surface area (Å²) in [5, 5.41) is 6.67. The number of aromatic nitrogens is 3. The lowest BCUT2D eigenvalue weighted by Gasteiger charge is -2.13. The summed E-state index contributed by atoms with van der Waals surface area (Å²) in [6, 6.07) is 18.4. The van der Waals surface area contributed by atoms with Crippen molar-refractivity contribution in [1.29, 1.82) is 0 Å². The molecule has 0 unspecified atom stereocenters. The average molecular weight is 333 g/mol. The first-order valence-corrected chi connectivity index (χ1v) is 8.55. The second-order valence-corrected chi connectivity index (χ2v) is 6.12. The van der Waals surface area contributed by atoms with Crippen molar-refractivity contribution in [3.8, 4) is 11.3 Å². The minimum Gasteiger partial charge on any atom is -0.369 e. The SMILES string of the molecule is CC(C)Nc1nc(NCCc2ccccn2)cc(-c2ccccc2)n1. The molecule has 2 aromatic heterocycles. The van der Waals surface area contributed by atoms with E-state index in [1.54, 1.807) is 0 Å². The van der Waals surface area contributed by atoms with Gasteiger partial charge in [-0.05, 0) is 26.0 Å². The largest absolute Gasteiger partial charge is 0.369 e. The number of nitrogens with one attached hydrogen (secondary N) is 2. The zero-order valence-electron chi connectivity index (χ0n) is 14.6. The molecule has 2 heterocycles. The maximum atomic E-state index is 4.64. The van der Waals surface area contributed by atoms with Gasteiger partial charge in [-0.15, -0.1) is 0 Å². The number of anilines is 2. The summed E-state index contributed by atoms with van der Waals surface area (Å²) >= 11 is 0. The van der Waals surface area contributed by atoms with Crippen LogP contribution in [0, 0.1) is 0 Å². The van der Waals surface area contributed by atoms with Crippen molar-refractivity contribution in [3.05, 3.63) is 66.5 Å². The van der Waals surface area contributed by atoms with Gasteiger partial charge in [0.15, 0.2) is 0 Å². The van der Waals surface area contributed by atoms with Crippen LogP contribution in [-0.2, 0) is 6.42 Å². The Bertz CT molecular complexity index is 788. The molecule has 0 saturated heterocycles. The third-order valence-corrected chi connectivity index (χ3v) is 3.63. The van der Waals surface area contributed by atoms with Crippen LogP contribution in [0.15, 0.2) is 60.8 Å². The maximum absolute atomic E-state index is 4.64. The molecule has 3 aromatic rings. The highest BCUT2D eigenvalue weighted by atomic mass is 15.1. The molecule has 0 aliphatic carbocycles. The van der Waals surface area contributed by atoms with Gasteiger partial charge in [-0.1, -0.05) is 36.4 Å². The Morgan fingerprint density at radius 1 is 0.960 bits per heavy atom. The van der Waals surface area contributed by atoms with Crippen molar-refractivity contribution < 1.29 is 0 Å². The van der Waals surface area contributed by atoms with Crippen molar-refractivity contribution in [1.82, 2.24) is 15.0 Å². The highest BCUT2D eigenvalue weighted by Crippen LogP contribution is 2.21. The summed E-state index contributed by atoms with van der Waals surface area (Å²) in [6.07, 6.45) is 2.66. The molecule has 0 amide bonds. The van der Waals surface area contributed by atoms with Crippen LogP contribution in [0.3, 0.4) is 0 Å². The Balaban J connectivity index is 1.77. The fourth-order valence-electron chi connectivity index (χ4n) is 2.48. The third kappa shape index (κ3) is 5.01. The molecular formula is C20H23N5. The van der Waals surface area contributed by atoms with E-state index in [-0.39, 0.29) is 6.04 Å².